The Hall–Kier alpha value is -0.480. The Kier molecular flexibility index (Phi) is 4.31. The van der Waals surface area contributed by atoms with Gasteiger partial charge in [0.1, 0.15) is 10.3 Å². The molecule has 1 saturated heterocycles. The van der Waals surface area contributed by atoms with Gasteiger partial charge in [-0.2, -0.15) is 4.31 Å². The molecule has 0 saturated carbocycles. The standard InChI is InChI=1S/C10H12BrNO5S2/c1-17-6-4-8(9(13)14)12(5-6)19(15,16)10-7(11)2-3-18-10/h2-3,6,8H,4-5H2,1H3,(H,13,14). The number of sulfonamides is 1. The molecule has 1 N–H and O–H groups in total. The first kappa shape index (κ1) is 14.9. The number of ether oxygens (including phenoxy) is 1. The number of methoxy groups -OCH3 is 1. The van der Waals surface area contributed by atoms with E-state index in [0.717, 1.165) is 15.6 Å². The second-order valence-electron chi connectivity index (χ2n) is 4.08. The lowest BCUT2D eigenvalue weighted by Gasteiger charge is -2.20. The van der Waals surface area contributed by atoms with Gasteiger partial charge in [0.15, 0.2) is 0 Å². The second kappa shape index (κ2) is 5.49. The van der Waals surface area contributed by atoms with Crippen LogP contribution in [0.15, 0.2) is 20.1 Å². The summed E-state index contributed by atoms with van der Waals surface area (Å²) in [6.45, 7) is 0.0557. The summed E-state index contributed by atoms with van der Waals surface area (Å²) in [6.07, 6.45) is -0.233. The van der Waals surface area contributed by atoms with E-state index in [1.165, 1.54) is 7.11 Å². The van der Waals surface area contributed by atoms with Crippen LogP contribution in [-0.4, -0.2) is 49.6 Å². The summed E-state index contributed by atoms with van der Waals surface area (Å²) in [5.74, 6) is -1.16. The van der Waals surface area contributed by atoms with E-state index in [1.807, 2.05) is 0 Å². The smallest absolute Gasteiger partial charge is 0.322 e. The number of halogens is 1. The van der Waals surface area contributed by atoms with Crippen molar-refractivity contribution in [3.63, 3.8) is 0 Å². The van der Waals surface area contributed by atoms with Crippen molar-refractivity contribution in [3.05, 3.63) is 15.9 Å². The third-order valence-electron chi connectivity index (χ3n) is 2.96. The van der Waals surface area contributed by atoms with Crippen molar-refractivity contribution in [1.82, 2.24) is 4.31 Å². The molecule has 2 heterocycles. The van der Waals surface area contributed by atoms with Crippen molar-refractivity contribution >= 4 is 43.3 Å². The Balaban J connectivity index is 2.39. The number of nitrogens with zero attached hydrogens (tertiary/aromatic N) is 1. The molecule has 2 atom stereocenters. The van der Waals surface area contributed by atoms with Crippen LogP contribution in [0.3, 0.4) is 0 Å². The van der Waals surface area contributed by atoms with E-state index in [2.05, 4.69) is 15.9 Å². The van der Waals surface area contributed by atoms with Gasteiger partial charge in [0, 0.05) is 24.5 Å². The molecule has 1 aromatic rings. The van der Waals surface area contributed by atoms with E-state index in [0.29, 0.717) is 4.47 Å². The largest absolute Gasteiger partial charge is 0.480 e. The predicted molar refractivity (Wildman–Crippen MR) is 72.7 cm³/mol. The molecule has 0 radical (unpaired) electrons. The summed E-state index contributed by atoms with van der Waals surface area (Å²) in [5.41, 5.74) is 0. The van der Waals surface area contributed by atoms with Gasteiger partial charge < -0.3 is 9.84 Å². The van der Waals surface area contributed by atoms with E-state index < -0.39 is 28.1 Å². The fourth-order valence-electron chi connectivity index (χ4n) is 2.00. The van der Waals surface area contributed by atoms with E-state index in [4.69, 9.17) is 9.84 Å². The number of rotatable bonds is 4. The van der Waals surface area contributed by atoms with Gasteiger partial charge in [0.25, 0.3) is 10.0 Å². The zero-order valence-electron chi connectivity index (χ0n) is 9.95. The number of aliphatic carboxylic acids is 1. The van der Waals surface area contributed by atoms with Gasteiger partial charge in [-0.05, 0) is 27.4 Å². The first-order valence-electron chi connectivity index (χ1n) is 5.38. The highest BCUT2D eigenvalue weighted by Gasteiger charge is 2.45. The van der Waals surface area contributed by atoms with Crippen LogP contribution in [0.2, 0.25) is 0 Å². The molecule has 6 nitrogen and oxygen atoms in total. The predicted octanol–water partition coefficient (Wildman–Crippen LogP) is 1.37. The molecule has 1 aliphatic heterocycles. The summed E-state index contributed by atoms with van der Waals surface area (Å²) in [4.78, 5) is 11.2. The van der Waals surface area contributed by atoms with Crippen molar-refractivity contribution in [2.45, 2.75) is 22.8 Å². The fourth-order valence-corrected chi connectivity index (χ4v) is 6.05. The number of hydrogen-bond acceptors (Lipinski definition) is 5. The van der Waals surface area contributed by atoms with Gasteiger partial charge in [-0.15, -0.1) is 11.3 Å². The first-order valence-corrected chi connectivity index (χ1v) is 8.49. The lowest BCUT2D eigenvalue weighted by molar-refractivity contribution is -0.140. The molecule has 19 heavy (non-hydrogen) atoms. The molecule has 0 aliphatic carbocycles. The Labute approximate surface area is 123 Å². The van der Waals surface area contributed by atoms with Crippen molar-refractivity contribution in [3.8, 4) is 0 Å². The summed E-state index contributed by atoms with van der Waals surface area (Å²) in [5, 5.41) is 10.8. The molecule has 1 aliphatic rings. The maximum Gasteiger partial charge on any atom is 0.322 e. The minimum atomic E-state index is -3.82. The first-order chi connectivity index (χ1) is 8.87. The molecule has 1 aromatic heterocycles. The maximum absolute atomic E-state index is 12.5. The zero-order chi connectivity index (χ0) is 14.2. The molecule has 2 unspecified atom stereocenters. The number of carboxylic acids is 1. The summed E-state index contributed by atoms with van der Waals surface area (Å²) >= 11 is 4.22. The molecular weight excluding hydrogens is 358 g/mol. The topological polar surface area (TPSA) is 83.9 Å². The molecule has 0 spiro atoms. The van der Waals surface area contributed by atoms with E-state index in [9.17, 15) is 13.2 Å². The van der Waals surface area contributed by atoms with E-state index in [-0.39, 0.29) is 17.2 Å². The van der Waals surface area contributed by atoms with E-state index >= 15 is 0 Å². The van der Waals surface area contributed by atoms with Gasteiger partial charge in [0.05, 0.1) is 6.10 Å². The second-order valence-corrected chi connectivity index (χ2v) is 7.93. The van der Waals surface area contributed by atoms with Crippen LogP contribution in [0.25, 0.3) is 0 Å². The minimum absolute atomic E-state index is 0.0557. The maximum atomic E-state index is 12.5. The van der Waals surface area contributed by atoms with Gasteiger partial charge in [-0.25, -0.2) is 8.42 Å². The average Bonchev–Trinajstić information content (AvgIpc) is 2.94. The molecule has 106 valence electrons. The Morgan fingerprint density at radius 1 is 1.63 bits per heavy atom. The zero-order valence-corrected chi connectivity index (χ0v) is 13.2. The third kappa shape index (κ3) is 2.70. The molecule has 0 amide bonds. The Morgan fingerprint density at radius 2 is 2.32 bits per heavy atom. The van der Waals surface area contributed by atoms with Gasteiger partial charge >= 0.3 is 5.97 Å². The van der Waals surface area contributed by atoms with E-state index in [1.54, 1.807) is 11.4 Å². The van der Waals surface area contributed by atoms with Gasteiger partial charge in [-0.3, -0.25) is 4.79 Å². The molecular formula is C10H12BrNO5S2. The number of hydrogen-bond donors (Lipinski definition) is 1. The highest BCUT2D eigenvalue weighted by molar-refractivity contribution is 9.10. The molecule has 1 fully saturated rings. The highest BCUT2D eigenvalue weighted by Crippen LogP contribution is 2.34. The molecule has 9 heteroatoms. The fraction of sp³-hybridized carbons (Fsp3) is 0.500. The quantitative estimate of drug-likeness (QED) is 0.866. The van der Waals surface area contributed by atoms with Crippen molar-refractivity contribution in [1.29, 1.82) is 0 Å². The lowest BCUT2D eigenvalue weighted by atomic mass is 10.2. The van der Waals surface area contributed by atoms with Crippen LogP contribution >= 0.6 is 27.3 Å². The monoisotopic (exact) mass is 369 g/mol. The summed E-state index contributed by atoms with van der Waals surface area (Å²) < 4.78 is 31.6. The minimum Gasteiger partial charge on any atom is -0.480 e. The van der Waals surface area contributed by atoms with Crippen molar-refractivity contribution in [2.24, 2.45) is 0 Å². The number of thiophene rings is 1. The van der Waals surface area contributed by atoms with Crippen LogP contribution in [0, 0.1) is 0 Å². The van der Waals surface area contributed by atoms with Crippen molar-refractivity contribution in [2.75, 3.05) is 13.7 Å². The van der Waals surface area contributed by atoms with Crippen LogP contribution in [-0.2, 0) is 19.6 Å². The van der Waals surface area contributed by atoms with Crippen LogP contribution in [0.1, 0.15) is 6.42 Å². The Bertz CT molecular complexity index is 584. The molecule has 0 bridgehead atoms. The highest BCUT2D eigenvalue weighted by atomic mass is 79.9. The van der Waals surface area contributed by atoms with Crippen LogP contribution < -0.4 is 0 Å². The average molecular weight is 370 g/mol. The van der Waals surface area contributed by atoms with Crippen LogP contribution in [0.5, 0.6) is 0 Å². The number of carbonyl (C=O) groups is 1. The third-order valence-corrected chi connectivity index (χ3v) is 7.49. The van der Waals surface area contributed by atoms with Gasteiger partial charge in [-0.1, -0.05) is 0 Å². The summed E-state index contributed by atoms with van der Waals surface area (Å²) in [6, 6.07) is 0.543. The summed E-state index contributed by atoms with van der Waals surface area (Å²) in [7, 11) is -2.37. The molecule has 0 aromatic carbocycles. The molecule has 2 rings (SSSR count). The SMILES string of the molecule is COC1CC(C(=O)O)N(S(=O)(=O)c2sccc2Br)C1. The van der Waals surface area contributed by atoms with Crippen molar-refractivity contribution < 1.29 is 23.1 Å². The number of carboxylic acid groups (broad SMARTS) is 1. The van der Waals surface area contributed by atoms with Gasteiger partial charge in [0.2, 0.25) is 0 Å². The van der Waals surface area contributed by atoms with Crippen LogP contribution in [0.4, 0.5) is 0 Å². The normalized spacial score (nSPS) is 24.7. The lowest BCUT2D eigenvalue weighted by Crippen LogP contribution is -2.40. The Morgan fingerprint density at radius 3 is 2.79 bits per heavy atom.